The molecule has 186 valence electrons. The van der Waals surface area contributed by atoms with Gasteiger partial charge in [0.15, 0.2) is 0 Å². The third-order valence-corrected chi connectivity index (χ3v) is 6.63. The predicted molar refractivity (Wildman–Crippen MR) is 132 cm³/mol. The van der Waals surface area contributed by atoms with E-state index < -0.39 is 16.1 Å². The van der Waals surface area contributed by atoms with Gasteiger partial charge in [-0.15, -0.1) is 0 Å². The van der Waals surface area contributed by atoms with Crippen molar-refractivity contribution in [1.29, 1.82) is 0 Å². The van der Waals surface area contributed by atoms with Crippen LogP contribution in [-0.4, -0.2) is 50.5 Å². The van der Waals surface area contributed by atoms with Gasteiger partial charge in [-0.25, -0.2) is 12.8 Å². The van der Waals surface area contributed by atoms with Gasteiger partial charge in [0.1, 0.15) is 11.9 Å². The van der Waals surface area contributed by atoms with Crippen LogP contribution in [0.2, 0.25) is 0 Å². The fourth-order valence-electron chi connectivity index (χ4n) is 3.79. The summed E-state index contributed by atoms with van der Waals surface area (Å²) in [6.45, 7) is 7.94. The van der Waals surface area contributed by atoms with Gasteiger partial charge in [0.05, 0.1) is 11.9 Å². The smallest absolute Gasteiger partial charge is 0.242 e. The molecule has 0 saturated carbocycles. The van der Waals surface area contributed by atoms with E-state index in [1.807, 2.05) is 19.9 Å². The summed E-state index contributed by atoms with van der Waals surface area (Å²) >= 11 is 0. The van der Waals surface area contributed by atoms with Gasteiger partial charge < -0.3 is 10.2 Å². The van der Waals surface area contributed by atoms with Gasteiger partial charge in [-0.2, -0.15) is 0 Å². The van der Waals surface area contributed by atoms with Gasteiger partial charge in [0.2, 0.25) is 21.8 Å². The molecule has 0 heterocycles. The quantitative estimate of drug-likeness (QED) is 0.521. The van der Waals surface area contributed by atoms with Gasteiger partial charge in [0, 0.05) is 26.1 Å². The van der Waals surface area contributed by atoms with Crippen molar-refractivity contribution >= 4 is 27.5 Å². The van der Waals surface area contributed by atoms with Crippen molar-refractivity contribution in [2.75, 3.05) is 23.7 Å². The number of carbonyl (C=O) groups excluding carboxylic acids is 2. The van der Waals surface area contributed by atoms with Crippen molar-refractivity contribution in [2.24, 2.45) is 0 Å². The molecule has 7 nitrogen and oxygen atoms in total. The van der Waals surface area contributed by atoms with E-state index in [0.717, 1.165) is 17.4 Å². The average molecular weight is 492 g/mol. The summed E-state index contributed by atoms with van der Waals surface area (Å²) in [7, 11) is -3.55. The molecule has 1 atom stereocenters. The number of nitrogens with one attached hydrogen (secondary N) is 1. The Balaban J connectivity index is 2.17. The van der Waals surface area contributed by atoms with Crippen LogP contribution in [0.1, 0.15) is 43.4 Å². The molecule has 0 aliphatic rings. The molecular weight excluding hydrogens is 457 g/mol. The Morgan fingerprint density at radius 3 is 2.18 bits per heavy atom. The fourth-order valence-corrected chi connectivity index (χ4v) is 4.74. The maximum atomic E-state index is 13.3. The van der Waals surface area contributed by atoms with Gasteiger partial charge in [-0.3, -0.25) is 13.9 Å². The lowest BCUT2D eigenvalue weighted by Crippen LogP contribution is -2.47. The van der Waals surface area contributed by atoms with Crippen molar-refractivity contribution < 1.29 is 22.4 Å². The van der Waals surface area contributed by atoms with Gasteiger partial charge in [-0.1, -0.05) is 18.2 Å². The monoisotopic (exact) mass is 491 g/mol. The number of hydrogen-bond donors (Lipinski definition) is 1. The number of halogens is 1. The molecule has 0 unspecified atom stereocenters. The number of carbonyl (C=O) groups is 2. The molecule has 2 amide bonds. The van der Waals surface area contributed by atoms with Crippen LogP contribution in [0.5, 0.6) is 0 Å². The molecule has 0 aromatic heterocycles. The Hall–Kier alpha value is -2.94. The summed E-state index contributed by atoms with van der Waals surface area (Å²) in [6.07, 6.45) is 1.48. The molecule has 2 rings (SSSR count). The van der Waals surface area contributed by atoms with E-state index in [-0.39, 0.29) is 43.6 Å². The third kappa shape index (κ3) is 7.83. The van der Waals surface area contributed by atoms with Crippen molar-refractivity contribution in [3.05, 3.63) is 65.0 Å². The first-order valence-corrected chi connectivity index (χ1v) is 13.1. The summed E-state index contributed by atoms with van der Waals surface area (Å²) in [6, 6.07) is 10.6. The first-order chi connectivity index (χ1) is 15.9. The highest BCUT2D eigenvalue weighted by atomic mass is 32.2. The number of likely N-dealkylation sites (N-methyl/N-ethyl adjacent to an activating group) is 1. The second-order valence-corrected chi connectivity index (χ2v) is 10.4. The van der Waals surface area contributed by atoms with Gasteiger partial charge >= 0.3 is 0 Å². The number of hydrogen-bond acceptors (Lipinski definition) is 4. The molecule has 0 aliphatic heterocycles. The molecule has 34 heavy (non-hydrogen) atoms. The van der Waals surface area contributed by atoms with Crippen LogP contribution < -0.4 is 9.62 Å². The molecule has 1 N–H and O–H groups in total. The maximum Gasteiger partial charge on any atom is 0.242 e. The SMILES string of the molecule is CCNC(=O)[C@H](C)N(Cc1ccc(F)cc1)C(=O)CCCN(c1cc(C)cc(C)c1)S(C)(=O)=O. The first kappa shape index (κ1) is 27.3. The molecule has 2 aromatic rings. The minimum atomic E-state index is -3.55. The highest BCUT2D eigenvalue weighted by molar-refractivity contribution is 7.92. The number of anilines is 1. The second kappa shape index (κ2) is 12.0. The number of nitrogens with zero attached hydrogens (tertiary/aromatic N) is 2. The van der Waals surface area contributed by atoms with Crippen LogP contribution in [0.25, 0.3) is 0 Å². The number of sulfonamides is 1. The Kier molecular flexibility index (Phi) is 9.61. The normalized spacial score (nSPS) is 12.2. The molecule has 2 aromatic carbocycles. The van der Waals surface area contributed by atoms with E-state index in [4.69, 9.17) is 0 Å². The highest BCUT2D eigenvalue weighted by Gasteiger charge is 2.26. The van der Waals surface area contributed by atoms with Crippen LogP contribution in [0.4, 0.5) is 10.1 Å². The molecule has 0 bridgehead atoms. The Morgan fingerprint density at radius 2 is 1.65 bits per heavy atom. The number of rotatable bonds is 11. The van der Waals surface area contributed by atoms with E-state index >= 15 is 0 Å². The van der Waals surface area contributed by atoms with E-state index in [9.17, 15) is 22.4 Å². The average Bonchev–Trinajstić information content (AvgIpc) is 2.74. The summed E-state index contributed by atoms with van der Waals surface area (Å²) in [5.41, 5.74) is 3.15. The maximum absolute atomic E-state index is 13.3. The van der Waals surface area contributed by atoms with E-state index in [1.54, 1.807) is 38.1 Å². The molecule has 0 spiro atoms. The molecular formula is C25H34FN3O4S. The largest absolute Gasteiger partial charge is 0.355 e. The van der Waals surface area contributed by atoms with Crippen molar-refractivity contribution in [2.45, 2.75) is 53.1 Å². The first-order valence-electron chi connectivity index (χ1n) is 11.3. The van der Waals surface area contributed by atoms with Crippen LogP contribution in [0, 0.1) is 19.7 Å². The lowest BCUT2D eigenvalue weighted by molar-refractivity contribution is -0.140. The van der Waals surface area contributed by atoms with Crippen molar-refractivity contribution in [1.82, 2.24) is 10.2 Å². The van der Waals surface area contributed by atoms with Crippen LogP contribution in [-0.2, 0) is 26.2 Å². The van der Waals surface area contributed by atoms with Crippen molar-refractivity contribution in [3.63, 3.8) is 0 Å². The molecule has 0 radical (unpaired) electrons. The Labute approximate surface area is 202 Å². The van der Waals surface area contributed by atoms with E-state index in [2.05, 4.69) is 5.32 Å². The zero-order valence-electron chi connectivity index (χ0n) is 20.5. The second-order valence-electron chi connectivity index (χ2n) is 8.50. The van der Waals surface area contributed by atoms with Crippen LogP contribution in [0.15, 0.2) is 42.5 Å². The number of amides is 2. The lowest BCUT2D eigenvalue weighted by Gasteiger charge is -2.29. The fraction of sp³-hybridized carbons (Fsp3) is 0.440. The third-order valence-electron chi connectivity index (χ3n) is 5.43. The van der Waals surface area contributed by atoms with Crippen LogP contribution in [0.3, 0.4) is 0 Å². The van der Waals surface area contributed by atoms with Crippen LogP contribution >= 0.6 is 0 Å². The summed E-state index contributed by atoms with van der Waals surface area (Å²) in [5, 5.41) is 2.72. The predicted octanol–water partition coefficient (Wildman–Crippen LogP) is 3.54. The summed E-state index contributed by atoms with van der Waals surface area (Å²) in [5.74, 6) is -0.950. The summed E-state index contributed by atoms with van der Waals surface area (Å²) in [4.78, 5) is 27.0. The minimum Gasteiger partial charge on any atom is -0.355 e. The topological polar surface area (TPSA) is 86.8 Å². The highest BCUT2D eigenvalue weighted by Crippen LogP contribution is 2.22. The molecule has 9 heteroatoms. The van der Waals surface area contributed by atoms with E-state index in [0.29, 0.717) is 17.8 Å². The Morgan fingerprint density at radius 1 is 1.06 bits per heavy atom. The standard InChI is InChI=1S/C25H34FN3O4S/c1-6-27-25(31)20(4)28(17-21-9-11-22(26)12-10-21)24(30)8-7-13-29(34(5,32)33)23-15-18(2)14-19(3)16-23/h9-12,14-16,20H,6-8,13,17H2,1-5H3,(H,27,31)/t20-/m0/s1. The van der Waals surface area contributed by atoms with Gasteiger partial charge in [0.25, 0.3) is 0 Å². The van der Waals surface area contributed by atoms with Gasteiger partial charge in [-0.05, 0) is 75.1 Å². The lowest BCUT2D eigenvalue weighted by atomic mass is 10.1. The zero-order chi connectivity index (χ0) is 25.5. The minimum absolute atomic E-state index is 0.0573. The Bertz CT molecular complexity index is 1080. The van der Waals surface area contributed by atoms with E-state index in [1.165, 1.54) is 21.3 Å². The molecule has 0 fully saturated rings. The number of aryl methyl sites for hydroxylation is 2. The number of benzene rings is 2. The molecule has 0 saturated heterocycles. The summed E-state index contributed by atoms with van der Waals surface area (Å²) < 4.78 is 39.5. The zero-order valence-corrected chi connectivity index (χ0v) is 21.3. The van der Waals surface area contributed by atoms with Crippen molar-refractivity contribution in [3.8, 4) is 0 Å². The molecule has 0 aliphatic carbocycles.